The first kappa shape index (κ1) is 15.1. The Balaban J connectivity index is 2.24. The number of hydrogen-bond donors (Lipinski definition) is 2. The molecule has 1 saturated heterocycles. The number of benzene rings is 1. The highest BCUT2D eigenvalue weighted by atomic mass is 19.1. The van der Waals surface area contributed by atoms with Crippen LogP contribution in [0.1, 0.15) is 29.8 Å². The van der Waals surface area contributed by atoms with Gasteiger partial charge in [-0.05, 0) is 31.5 Å². The van der Waals surface area contributed by atoms with E-state index < -0.39 is 34.7 Å². The van der Waals surface area contributed by atoms with E-state index in [0.717, 1.165) is 6.07 Å². The zero-order chi connectivity index (χ0) is 15.8. The molecule has 0 unspecified atom stereocenters. The molecule has 1 aromatic carbocycles. The van der Waals surface area contributed by atoms with Crippen molar-refractivity contribution in [3.8, 4) is 0 Å². The minimum Gasteiger partial charge on any atom is -0.478 e. The number of aromatic carboxylic acids is 1. The average molecular weight is 294 g/mol. The molecule has 1 aliphatic heterocycles. The second kappa shape index (κ2) is 5.25. The predicted octanol–water partition coefficient (Wildman–Crippen LogP) is 0.761. The van der Waals surface area contributed by atoms with Crippen LogP contribution in [0.4, 0.5) is 4.39 Å². The molecule has 0 saturated carbocycles. The van der Waals surface area contributed by atoms with Gasteiger partial charge in [0.1, 0.15) is 5.82 Å². The lowest BCUT2D eigenvalue weighted by atomic mass is 9.97. The van der Waals surface area contributed by atoms with Crippen LogP contribution in [0.2, 0.25) is 0 Å². The van der Waals surface area contributed by atoms with Gasteiger partial charge in [0, 0.05) is 6.54 Å². The third kappa shape index (κ3) is 2.92. The van der Waals surface area contributed by atoms with Crippen molar-refractivity contribution in [2.75, 3.05) is 6.54 Å². The molecule has 0 radical (unpaired) electrons. The number of nitrogens with one attached hydrogen (secondary N) is 1. The Bertz CT molecular complexity index is 627. The number of rotatable bonds is 3. The van der Waals surface area contributed by atoms with Gasteiger partial charge in [-0.1, -0.05) is 6.07 Å². The summed E-state index contributed by atoms with van der Waals surface area (Å²) in [4.78, 5) is 35.6. The van der Waals surface area contributed by atoms with Crippen LogP contribution < -0.4 is 5.32 Å². The van der Waals surface area contributed by atoms with Crippen LogP contribution in [0.25, 0.3) is 0 Å². The van der Waals surface area contributed by atoms with Crippen molar-refractivity contribution >= 4 is 17.8 Å². The first-order valence-corrected chi connectivity index (χ1v) is 6.33. The normalized spacial score (nSPS) is 18.4. The molecule has 0 atom stereocenters. The Kier molecular flexibility index (Phi) is 3.78. The fourth-order valence-electron chi connectivity index (χ4n) is 2.14. The molecule has 112 valence electrons. The van der Waals surface area contributed by atoms with Crippen molar-refractivity contribution in [1.82, 2.24) is 10.2 Å². The average Bonchev–Trinajstić information content (AvgIpc) is 2.35. The molecule has 1 fully saturated rings. The summed E-state index contributed by atoms with van der Waals surface area (Å²) in [6, 6.07) is 3.75. The Morgan fingerprint density at radius 1 is 1.43 bits per heavy atom. The van der Waals surface area contributed by atoms with Gasteiger partial charge in [-0.3, -0.25) is 19.8 Å². The van der Waals surface area contributed by atoms with Crippen molar-refractivity contribution in [3.63, 3.8) is 0 Å². The van der Waals surface area contributed by atoms with Crippen molar-refractivity contribution in [3.05, 3.63) is 35.1 Å². The molecule has 1 aliphatic rings. The fraction of sp³-hybridized carbons (Fsp3) is 0.357. The molecular weight excluding hydrogens is 279 g/mol. The van der Waals surface area contributed by atoms with E-state index in [1.54, 1.807) is 18.7 Å². The second-order valence-corrected chi connectivity index (χ2v) is 5.41. The number of carbonyl (C=O) groups is 3. The van der Waals surface area contributed by atoms with Crippen molar-refractivity contribution < 1.29 is 23.9 Å². The summed E-state index contributed by atoms with van der Waals surface area (Å²) in [5, 5.41) is 11.0. The highest BCUT2D eigenvalue weighted by Gasteiger charge is 2.40. The number of carboxylic acids is 1. The van der Waals surface area contributed by atoms with E-state index in [4.69, 9.17) is 5.11 Å². The van der Waals surface area contributed by atoms with E-state index in [0.29, 0.717) is 5.56 Å². The molecule has 0 bridgehead atoms. The Labute approximate surface area is 120 Å². The molecule has 2 rings (SSSR count). The zero-order valence-electron chi connectivity index (χ0n) is 11.6. The molecular formula is C14H15FN2O4. The standard InChI is InChI=1S/C14H15FN2O4/c1-14(2)13(21)16-11(18)7-17(14)6-8-3-4-9(12(19)20)10(15)5-8/h3-5H,6-7H2,1-2H3,(H,19,20)(H,16,18,21). The smallest absolute Gasteiger partial charge is 0.338 e. The number of carbonyl (C=O) groups excluding carboxylic acids is 2. The topological polar surface area (TPSA) is 86.7 Å². The lowest BCUT2D eigenvalue weighted by molar-refractivity contribution is -0.145. The molecule has 2 N–H and O–H groups in total. The Morgan fingerprint density at radius 3 is 2.67 bits per heavy atom. The van der Waals surface area contributed by atoms with Crippen LogP contribution in [0.15, 0.2) is 18.2 Å². The summed E-state index contributed by atoms with van der Waals surface area (Å²) >= 11 is 0. The van der Waals surface area contributed by atoms with Gasteiger partial charge in [-0.2, -0.15) is 0 Å². The van der Waals surface area contributed by atoms with Crippen molar-refractivity contribution in [2.45, 2.75) is 25.9 Å². The molecule has 7 heteroatoms. The third-order valence-corrected chi connectivity index (χ3v) is 3.57. The molecule has 0 spiro atoms. The van der Waals surface area contributed by atoms with E-state index in [1.165, 1.54) is 12.1 Å². The van der Waals surface area contributed by atoms with Gasteiger partial charge >= 0.3 is 5.97 Å². The molecule has 1 heterocycles. The van der Waals surface area contributed by atoms with E-state index in [-0.39, 0.29) is 13.1 Å². The summed E-state index contributed by atoms with van der Waals surface area (Å²) in [5.74, 6) is -3.01. The summed E-state index contributed by atoms with van der Waals surface area (Å²) in [6.07, 6.45) is 0. The lowest BCUT2D eigenvalue weighted by Crippen LogP contribution is -2.63. The summed E-state index contributed by atoms with van der Waals surface area (Å²) in [6.45, 7) is 3.51. The van der Waals surface area contributed by atoms with Crippen molar-refractivity contribution in [1.29, 1.82) is 0 Å². The highest BCUT2D eigenvalue weighted by Crippen LogP contribution is 2.22. The fourth-order valence-corrected chi connectivity index (χ4v) is 2.14. The zero-order valence-corrected chi connectivity index (χ0v) is 11.6. The molecule has 2 amide bonds. The summed E-state index contributed by atoms with van der Waals surface area (Å²) < 4.78 is 13.7. The van der Waals surface area contributed by atoms with Gasteiger partial charge in [-0.15, -0.1) is 0 Å². The molecule has 6 nitrogen and oxygen atoms in total. The Morgan fingerprint density at radius 2 is 2.10 bits per heavy atom. The molecule has 1 aromatic rings. The molecule has 21 heavy (non-hydrogen) atoms. The summed E-state index contributed by atoms with van der Waals surface area (Å²) in [5.41, 5.74) is -0.825. The number of nitrogens with zero attached hydrogens (tertiary/aromatic N) is 1. The second-order valence-electron chi connectivity index (χ2n) is 5.41. The van der Waals surface area contributed by atoms with Gasteiger partial charge in [0.05, 0.1) is 17.6 Å². The minimum atomic E-state index is -1.34. The van der Waals surface area contributed by atoms with Crippen LogP contribution in [0, 0.1) is 5.82 Å². The van der Waals surface area contributed by atoms with Crippen LogP contribution in [-0.2, 0) is 16.1 Å². The highest BCUT2D eigenvalue weighted by molar-refractivity contribution is 6.02. The predicted molar refractivity (Wildman–Crippen MR) is 71.0 cm³/mol. The number of imide groups is 1. The lowest BCUT2D eigenvalue weighted by Gasteiger charge is -2.40. The number of piperazine rings is 1. The van der Waals surface area contributed by atoms with Gasteiger partial charge in [0.25, 0.3) is 0 Å². The first-order valence-electron chi connectivity index (χ1n) is 6.33. The quantitative estimate of drug-likeness (QED) is 0.804. The van der Waals surface area contributed by atoms with Crippen LogP contribution >= 0.6 is 0 Å². The first-order chi connectivity index (χ1) is 9.71. The number of halogens is 1. The number of amides is 2. The Hall–Kier alpha value is -2.28. The maximum absolute atomic E-state index is 13.7. The number of carboxylic acid groups (broad SMARTS) is 1. The van der Waals surface area contributed by atoms with E-state index in [1.807, 2.05) is 0 Å². The van der Waals surface area contributed by atoms with E-state index in [9.17, 15) is 18.8 Å². The molecule has 0 aliphatic carbocycles. The van der Waals surface area contributed by atoms with Gasteiger partial charge in [0.2, 0.25) is 11.8 Å². The van der Waals surface area contributed by atoms with Crippen LogP contribution in [0.5, 0.6) is 0 Å². The maximum Gasteiger partial charge on any atom is 0.338 e. The maximum atomic E-state index is 13.7. The van der Waals surface area contributed by atoms with Gasteiger partial charge < -0.3 is 5.11 Å². The summed E-state index contributed by atoms with van der Waals surface area (Å²) in [7, 11) is 0. The van der Waals surface area contributed by atoms with Crippen molar-refractivity contribution in [2.24, 2.45) is 0 Å². The van der Waals surface area contributed by atoms with Gasteiger partial charge in [0.15, 0.2) is 0 Å². The van der Waals surface area contributed by atoms with Crippen LogP contribution in [-0.4, -0.2) is 39.9 Å². The largest absolute Gasteiger partial charge is 0.478 e. The third-order valence-electron chi connectivity index (χ3n) is 3.57. The van der Waals surface area contributed by atoms with Gasteiger partial charge in [-0.25, -0.2) is 9.18 Å². The molecule has 0 aromatic heterocycles. The van der Waals surface area contributed by atoms with E-state index in [2.05, 4.69) is 5.32 Å². The number of hydrogen-bond acceptors (Lipinski definition) is 4. The van der Waals surface area contributed by atoms with E-state index >= 15 is 0 Å². The SMILES string of the molecule is CC1(C)C(=O)NC(=O)CN1Cc1ccc(C(=O)O)c(F)c1. The minimum absolute atomic E-state index is 0.0149. The van der Waals surface area contributed by atoms with Crippen LogP contribution in [0.3, 0.4) is 0 Å². The monoisotopic (exact) mass is 294 g/mol.